The van der Waals surface area contributed by atoms with Gasteiger partial charge in [0.15, 0.2) is 0 Å². The molecule has 0 spiro atoms. The SMILES string of the molecule is C[C@H](C=O)[C@H]1CC[C@H]2C(=O)CCC[C@@]12C. The minimum absolute atomic E-state index is 0.117. The maximum absolute atomic E-state index is 11.8. The fourth-order valence-electron chi connectivity index (χ4n) is 3.93. The molecular weight excluding hydrogens is 188 g/mol. The van der Waals surface area contributed by atoms with Gasteiger partial charge in [0, 0.05) is 18.3 Å². The Balaban J connectivity index is 2.24. The van der Waals surface area contributed by atoms with Crippen LogP contribution >= 0.6 is 0 Å². The zero-order valence-corrected chi connectivity index (χ0v) is 9.66. The monoisotopic (exact) mass is 208 g/mol. The van der Waals surface area contributed by atoms with Gasteiger partial charge in [-0.1, -0.05) is 13.8 Å². The standard InChI is InChI=1S/C13H20O2/c1-9(8-14)10-5-6-11-12(15)4-3-7-13(10,11)2/h8-11H,3-7H2,1-2H3/t9-,10-,11+,13+/m1/s1. The van der Waals surface area contributed by atoms with Crippen molar-refractivity contribution in [2.24, 2.45) is 23.2 Å². The first kappa shape index (κ1) is 10.8. The molecule has 4 atom stereocenters. The van der Waals surface area contributed by atoms with Crippen LogP contribution in [0.2, 0.25) is 0 Å². The summed E-state index contributed by atoms with van der Waals surface area (Å²) in [5.74, 6) is 1.25. The Morgan fingerprint density at radius 3 is 2.87 bits per heavy atom. The van der Waals surface area contributed by atoms with Crippen molar-refractivity contribution in [3.05, 3.63) is 0 Å². The molecule has 2 nitrogen and oxygen atoms in total. The summed E-state index contributed by atoms with van der Waals surface area (Å²) < 4.78 is 0. The molecule has 0 aromatic carbocycles. The van der Waals surface area contributed by atoms with E-state index in [9.17, 15) is 9.59 Å². The topological polar surface area (TPSA) is 34.1 Å². The summed E-state index contributed by atoms with van der Waals surface area (Å²) in [6, 6.07) is 0. The van der Waals surface area contributed by atoms with Crippen LogP contribution in [0.3, 0.4) is 0 Å². The Hall–Kier alpha value is -0.660. The van der Waals surface area contributed by atoms with Crippen molar-refractivity contribution >= 4 is 12.1 Å². The van der Waals surface area contributed by atoms with E-state index < -0.39 is 0 Å². The van der Waals surface area contributed by atoms with E-state index in [4.69, 9.17) is 0 Å². The van der Waals surface area contributed by atoms with Crippen molar-refractivity contribution in [1.29, 1.82) is 0 Å². The smallest absolute Gasteiger partial charge is 0.136 e. The minimum Gasteiger partial charge on any atom is -0.303 e. The van der Waals surface area contributed by atoms with E-state index in [1.807, 2.05) is 6.92 Å². The molecule has 2 aliphatic carbocycles. The predicted octanol–water partition coefficient (Wildman–Crippen LogP) is 2.61. The first-order valence-corrected chi connectivity index (χ1v) is 6.07. The summed E-state index contributed by atoms with van der Waals surface area (Å²) in [7, 11) is 0. The number of rotatable bonds is 2. The lowest BCUT2D eigenvalue weighted by molar-refractivity contribution is -0.131. The van der Waals surface area contributed by atoms with Crippen LogP contribution in [0.5, 0.6) is 0 Å². The third kappa shape index (κ3) is 1.54. The normalized spacial score (nSPS) is 42.4. The maximum atomic E-state index is 11.8. The summed E-state index contributed by atoms with van der Waals surface area (Å²) >= 11 is 0. The first-order valence-electron chi connectivity index (χ1n) is 6.07. The van der Waals surface area contributed by atoms with Crippen molar-refractivity contribution in [3.8, 4) is 0 Å². The number of Topliss-reactive ketones (excluding diaryl/α,β-unsaturated/α-hetero) is 1. The second kappa shape index (κ2) is 3.73. The lowest BCUT2D eigenvalue weighted by Gasteiger charge is -2.41. The van der Waals surface area contributed by atoms with Crippen LogP contribution in [0.25, 0.3) is 0 Å². The van der Waals surface area contributed by atoms with Gasteiger partial charge in [0.2, 0.25) is 0 Å². The fraction of sp³-hybridized carbons (Fsp3) is 0.846. The third-order valence-electron chi connectivity index (χ3n) is 4.79. The van der Waals surface area contributed by atoms with E-state index >= 15 is 0 Å². The van der Waals surface area contributed by atoms with Crippen LogP contribution in [-0.2, 0) is 9.59 Å². The molecule has 0 radical (unpaired) electrons. The second-order valence-electron chi connectivity index (χ2n) is 5.56. The van der Waals surface area contributed by atoms with E-state index in [2.05, 4.69) is 6.92 Å². The molecule has 0 heterocycles. The van der Waals surface area contributed by atoms with Gasteiger partial charge in [0.25, 0.3) is 0 Å². The number of carbonyl (C=O) groups is 2. The minimum atomic E-state index is 0.117. The zero-order chi connectivity index (χ0) is 11.1. The van der Waals surface area contributed by atoms with E-state index in [0.29, 0.717) is 11.7 Å². The Labute approximate surface area is 91.4 Å². The van der Waals surface area contributed by atoms with Crippen molar-refractivity contribution in [2.45, 2.75) is 46.0 Å². The molecule has 2 saturated carbocycles. The third-order valence-corrected chi connectivity index (χ3v) is 4.79. The van der Waals surface area contributed by atoms with Gasteiger partial charge in [-0.25, -0.2) is 0 Å². The number of hydrogen-bond acceptors (Lipinski definition) is 2. The van der Waals surface area contributed by atoms with E-state index in [-0.39, 0.29) is 17.3 Å². The van der Waals surface area contributed by atoms with Crippen LogP contribution in [-0.4, -0.2) is 12.1 Å². The highest BCUT2D eigenvalue weighted by molar-refractivity contribution is 5.83. The molecular formula is C13H20O2. The van der Waals surface area contributed by atoms with E-state index in [1.54, 1.807) is 0 Å². The Morgan fingerprint density at radius 1 is 1.47 bits per heavy atom. The molecule has 84 valence electrons. The maximum Gasteiger partial charge on any atom is 0.136 e. The average molecular weight is 208 g/mol. The highest BCUT2D eigenvalue weighted by Gasteiger charge is 2.52. The highest BCUT2D eigenvalue weighted by atomic mass is 16.1. The molecule has 0 aromatic heterocycles. The largest absolute Gasteiger partial charge is 0.303 e. The van der Waals surface area contributed by atoms with Gasteiger partial charge in [-0.2, -0.15) is 0 Å². The van der Waals surface area contributed by atoms with Crippen molar-refractivity contribution in [1.82, 2.24) is 0 Å². The van der Waals surface area contributed by atoms with E-state index in [0.717, 1.165) is 38.4 Å². The van der Waals surface area contributed by atoms with Crippen molar-refractivity contribution in [3.63, 3.8) is 0 Å². The Bertz CT molecular complexity index is 284. The number of fused-ring (bicyclic) bond motifs is 1. The highest BCUT2D eigenvalue weighted by Crippen LogP contribution is 2.56. The molecule has 0 unspecified atom stereocenters. The molecule has 2 rings (SSSR count). The summed E-state index contributed by atoms with van der Waals surface area (Å²) in [5, 5.41) is 0. The second-order valence-corrected chi connectivity index (χ2v) is 5.56. The van der Waals surface area contributed by atoms with E-state index in [1.165, 1.54) is 0 Å². The summed E-state index contributed by atoms with van der Waals surface area (Å²) in [4.78, 5) is 22.8. The van der Waals surface area contributed by atoms with Crippen LogP contribution in [0.1, 0.15) is 46.0 Å². The Morgan fingerprint density at radius 2 is 2.20 bits per heavy atom. The number of ketones is 1. The van der Waals surface area contributed by atoms with Crippen LogP contribution in [0.15, 0.2) is 0 Å². The van der Waals surface area contributed by atoms with Crippen LogP contribution < -0.4 is 0 Å². The van der Waals surface area contributed by atoms with Crippen molar-refractivity contribution < 1.29 is 9.59 Å². The predicted molar refractivity (Wildman–Crippen MR) is 58.4 cm³/mol. The molecule has 2 heteroatoms. The van der Waals surface area contributed by atoms with Gasteiger partial charge in [0.05, 0.1) is 0 Å². The average Bonchev–Trinajstić information content (AvgIpc) is 2.56. The van der Waals surface area contributed by atoms with Gasteiger partial charge in [-0.05, 0) is 37.0 Å². The molecule has 2 fully saturated rings. The number of aldehydes is 1. The molecule has 0 bridgehead atoms. The van der Waals surface area contributed by atoms with Crippen LogP contribution in [0.4, 0.5) is 0 Å². The molecule has 15 heavy (non-hydrogen) atoms. The number of hydrogen-bond donors (Lipinski definition) is 0. The molecule has 2 aliphatic rings. The zero-order valence-electron chi connectivity index (χ0n) is 9.66. The summed E-state index contributed by atoms with van der Waals surface area (Å²) in [6.07, 6.45) is 6.06. The quantitative estimate of drug-likeness (QED) is 0.654. The molecule has 0 aromatic rings. The summed E-state index contributed by atoms with van der Waals surface area (Å²) in [5.41, 5.74) is 0.121. The Kier molecular flexibility index (Phi) is 2.70. The molecule has 0 amide bonds. The fourth-order valence-corrected chi connectivity index (χ4v) is 3.93. The summed E-state index contributed by atoms with van der Waals surface area (Å²) in [6.45, 7) is 4.23. The molecule has 0 N–H and O–H groups in total. The lowest BCUT2D eigenvalue weighted by atomic mass is 9.62. The van der Waals surface area contributed by atoms with Gasteiger partial charge in [-0.15, -0.1) is 0 Å². The number of carbonyl (C=O) groups excluding carboxylic acids is 2. The first-order chi connectivity index (χ1) is 7.09. The molecule has 0 aliphatic heterocycles. The van der Waals surface area contributed by atoms with Crippen molar-refractivity contribution in [2.75, 3.05) is 0 Å². The van der Waals surface area contributed by atoms with Gasteiger partial charge < -0.3 is 4.79 Å². The van der Waals surface area contributed by atoms with Crippen LogP contribution in [0, 0.1) is 23.2 Å². The lowest BCUT2D eigenvalue weighted by Crippen LogP contribution is -2.39. The van der Waals surface area contributed by atoms with Gasteiger partial charge >= 0.3 is 0 Å². The van der Waals surface area contributed by atoms with Gasteiger partial charge in [-0.3, -0.25) is 4.79 Å². The molecule has 0 saturated heterocycles. The van der Waals surface area contributed by atoms with Gasteiger partial charge in [0.1, 0.15) is 12.1 Å².